The fourth-order valence-corrected chi connectivity index (χ4v) is 4.01. The molecule has 0 radical (unpaired) electrons. The quantitative estimate of drug-likeness (QED) is 0.852. The van der Waals surface area contributed by atoms with Gasteiger partial charge in [-0.2, -0.15) is 0 Å². The Morgan fingerprint density at radius 2 is 2.12 bits per heavy atom. The van der Waals surface area contributed by atoms with E-state index in [9.17, 15) is 9.90 Å². The Morgan fingerprint density at radius 1 is 1.35 bits per heavy atom. The molecular weight excluding hydrogens is 354 g/mol. The molecule has 1 amide bonds. The maximum Gasteiger partial charge on any atom is 0.240 e. The second-order valence-corrected chi connectivity index (χ2v) is 7.93. The van der Waals surface area contributed by atoms with E-state index < -0.39 is 5.60 Å². The monoisotopic (exact) mass is 375 g/mol. The standard InChI is InChI=1S/C18H21N3O4S/c1-12-9-19-17(26-12)20-16(22)10-21-6-4-18(23,5-7-21)13-2-3-14-15(8-13)25-11-24-14/h2-3,8-9,23H,4-7,10-11H2,1H3,(H,19,20,22). The lowest BCUT2D eigenvalue weighted by atomic mass is 9.84. The SMILES string of the molecule is Cc1cnc(NC(=O)CN2CCC(O)(c3ccc4c(c3)OCO4)CC2)s1. The third-order valence-corrected chi connectivity index (χ3v) is 5.66. The molecule has 3 heterocycles. The summed E-state index contributed by atoms with van der Waals surface area (Å²) in [7, 11) is 0. The van der Waals surface area contributed by atoms with Gasteiger partial charge in [0.05, 0.1) is 12.1 Å². The lowest BCUT2D eigenvalue weighted by Gasteiger charge is -2.38. The number of likely N-dealkylation sites (tertiary alicyclic amines) is 1. The lowest BCUT2D eigenvalue weighted by Crippen LogP contribution is -2.45. The van der Waals surface area contributed by atoms with Gasteiger partial charge < -0.3 is 19.9 Å². The molecule has 1 aromatic carbocycles. The molecule has 7 nitrogen and oxygen atoms in total. The second kappa shape index (κ2) is 6.86. The summed E-state index contributed by atoms with van der Waals surface area (Å²) in [6.07, 6.45) is 2.87. The number of thiazole rings is 1. The first kappa shape index (κ1) is 17.3. The minimum absolute atomic E-state index is 0.0760. The van der Waals surface area contributed by atoms with E-state index in [1.54, 1.807) is 6.20 Å². The number of aliphatic hydroxyl groups is 1. The highest BCUT2D eigenvalue weighted by atomic mass is 32.1. The van der Waals surface area contributed by atoms with E-state index in [2.05, 4.69) is 15.2 Å². The predicted molar refractivity (Wildman–Crippen MR) is 97.6 cm³/mol. The highest BCUT2D eigenvalue weighted by molar-refractivity contribution is 7.15. The smallest absolute Gasteiger partial charge is 0.240 e. The van der Waals surface area contributed by atoms with Crippen molar-refractivity contribution in [2.75, 3.05) is 31.7 Å². The second-order valence-electron chi connectivity index (χ2n) is 6.70. The summed E-state index contributed by atoms with van der Waals surface area (Å²) in [5, 5.41) is 14.5. The summed E-state index contributed by atoms with van der Waals surface area (Å²) in [6.45, 7) is 3.77. The van der Waals surface area contributed by atoms with Gasteiger partial charge in [-0.15, -0.1) is 11.3 Å². The first-order chi connectivity index (χ1) is 12.5. The lowest BCUT2D eigenvalue weighted by molar-refractivity contribution is -0.118. The van der Waals surface area contributed by atoms with Crippen molar-refractivity contribution in [1.82, 2.24) is 9.88 Å². The van der Waals surface area contributed by atoms with Crippen LogP contribution in [0.3, 0.4) is 0 Å². The molecule has 2 aromatic rings. The van der Waals surface area contributed by atoms with Crippen molar-refractivity contribution in [2.45, 2.75) is 25.4 Å². The van der Waals surface area contributed by atoms with E-state index >= 15 is 0 Å². The van der Waals surface area contributed by atoms with Gasteiger partial charge in [0.15, 0.2) is 16.6 Å². The molecule has 1 saturated heterocycles. The number of hydrogen-bond acceptors (Lipinski definition) is 7. The van der Waals surface area contributed by atoms with Crippen LogP contribution in [-0.4, -0.2) is 47.3 Å². The molecule has 26 heavy (non-hydrogen) atoms. The summed E-state index contributed by atoms with van der Waals surface area (Å²) >= 11 is 1.46. The molecule has 8 heteroatoms. The zero-order chi connectivity index (χ0) is 18.1. The summed E-state index contributed by atoms with van der Waals surface area (Å²) in [5.74, 6) is 1.31. The van der Waals surface area contributed by atoms with Gasteiger partial charge in [0.2, 0.25) is 12.7 Å². The minimum Gasteiger partial charge on any atom is -0.454 e. The van der Waals surface area contributed by atoms with Crippen LogP contribution in [0.15, 0.2) is 24.4 Å². The Balaban J connectivity index is 1.34. The van der Waals surface area contributed by atoms with Crippen molar-refractivity contribution in [3.05, 3.63) is 34.8 Å². The number of ether oxygens (including phenoxy) is 2. The topological polar surface area (TPSA) is 83.9 Å². The third kappa shape index (κ3) is 3.53. The molecular formula is C18H21N3O4S. The van der Waals surface area contributed by atoms with Crippen LogP contribution in [-0.2, 0) is 10.4 Å². The number of nitrogens with one attached hydrogen (secondary N) is 1. The number of rotatable bonds is 4. The number of carbonyl (C=O) groups is 1. The van der Waals surface area contributed by atoms with Gasteiger partial charge in [0.1, 0.15) is 0 Å². The molecule has 0 atom stereocenters. The van der Waals surface area contributed by atoms with Crippen LogP contribution in [0.1, 0.15) is 23.3 Å². The molecule has 0 bridgehead atoms. The number of carbonyl (C=O) groups excluding carboxylic acids is 1. The van der Waals surface area contributed by atoms with E-state index in [1.807, 2.05) is 25.1 Å². The Kier molecular flexibility index (Phi) is 4.56. The van der Waals surface area contributed by atoms with Crippen molar-refractivity contribution in [3.8, 4) is 11.5 Å². The Hall–Kier alpha value is -2.16. The van der Waals surface area contributed by atoms with E-state index in [0.29, 0.717) is 49.1 Å². The van der Waals surface area contributed by atoms with Crippen LogP contribution < -0.4 is 14.8 Å². The summed E-state index contributed by atoms with van der Waals surface area (Å²) in [4.78, 5) is 19.4. The minimum atomic E-state index is -0.902. The predicted octanol–water partition coefficient (Wildman–Crippen LogP) is 2.10. The normalized spacial score (nSPS) is 18.7. The Labute approximate surface area is 155 Å². The van der Waals surface area contributed by atoms with Gasteiger partial charge in [-0.05, 0) is 37.5 Å². The van der Waals surface area contributed by atoms with Gasteiger partial charge in [0, 0.05) is 24.2 Å². The summed E-state index contributed by atoms with van der Waals surface area (Å²) < 4.78 is 10.7. The van der Waals surface area contributed by atoms with E-state index in [4.69, 9.17) is 9.47 Å². The van der Waals surface area contributed by atoms with Crippen molar-refractivity contribution in [2.24, 2.45) is 0 Å². The van der Waals surface area contributed by atoms with E-state index in [-0.39, 0.29) is 12.7 Å². The fourth-order valence-electron chi connectivity index (χ4n) is 3.33. The first-order valence-corrected chi connectivity index (χ1v) is 9.41. The van der Waals surface area contributed by atoms with Crippen LogP contribution in [0.5, 0.6) is 11.5 Å². The van der Waals surface area contributed by atoms with Crippen LogP contribution in [0, 0.1) is 6.92 Å². The van der Waals surface area contributed by atoms with E-state index in [1.165, 1.54) is 11.3 Å². The molecule has 2 aliphatic heterocycles. The highest BCUT2D eigenvalue weighted by Gasteiger charge is 2.35. The number of anilines is 1. The van der Waals surface area contributed by atoms with Gasteiger partial charge in [0.25, 0.3) is 0 Å². The van der Waals surface area contributed by atoms with Crippen LogP contribution >= 0.6 is 11.3 Å². The summed E-state index contributed by atoms with van der Waals surface area (Å²) in [6, 6.07) is 5.58. The van der Waals surface area contributed by atoms with Crippen LogP contribution in [0.4, 0.5) is 5.13 Å². The summed E-state index contributed by atoms with van der Waals surface area (Å²) in [5.41, 5.74) is -0.0653. The number of benzene rings is 1. The number of aryl methyl sites for hydroxylation is 1. The molecule has 1 aromatic heterocycles. The molecule has 2 aliphatic rings. The molecule has 2 N–H and O–H groups in total. The maximum absolute atomic E-state index is 12.2. The van der Waals surface area contributed by atoms with Crippen LogP contribution in [0.25, 0.3) is 0 Å². The van der Waals surface area contributed by atoms with Crippen LogP contribution in [0.2, 0.25) is 0 Å². The van der Waals surface area contributed by atoms with Gasteiger partial charge >= 0.3 is 0 Å². The van der Waals surface area contributed by atoms with Gasteiger partial charge in [-0.1, -0.05) is 6.07 Å². The number of nitrogens with zero attached hydrogens (tertiary/aromatic N) is 2. The van der Waals surface area contributed by atoms with Crippen molar-refractivity contribution < 1.29 is 19.4 Å². The molecule has 0 aliphatic carbocycles. The van der Waals surface area contributed by atoms with Crippen molar-refractivity contribution >= 4 is 22.4 Å². The first-order valence-electron chi connectivity index (χ1n) is 8.59. The van der Waals surface area contributed by atoms with Crippen molar-refractivity contribution in [1.29, 1.82) is 0 Å². The average molecular weight is 375 g/mol. The third-order valence-electron chi connectivity index (χ3n) is 4.83. The molecule has 1 fully saturated rings. The Bertz CT molecular complexity index is 815. The average Bonchev–Trinajstić information content (AvgIpc) is 3.25. The Morgan fingerprint density at radius 3 is 2.85 bits per heavy atom. The zero-order valence-corrected chi connectivity index (χ0v) is 15.3. The molecule has 4 rings (SSSR count). The fraction of sp³-hybridized carbons (Fsp3) is 0.444. The zero-order valence-electron chi connectivity index (χ0n) is 14.5. The number of amides is 1. The number of hydrogen-bond donors (Lipinski definition) is 2. The largest absolute Gasteiger partial charge is 0.454 e. The molecule has 0 saturated carbocycles. The van der Waals surface area contributed by atoms with Gasteiger partial charge in [-0.3, -0.25) is 9.69 Å². The number of piperidine rings is 1. The molecule has 138 valence electrons. The number of fused-ring (bicyclic) bond motifs is 1. The highest BCUT2D eigenvalue weighted by Crippen LogP contribution is 2.39. The van der Waals surface area contributed by atoms with E-state index in [0.717, 1.165) is 10.4 Å². The molecule has 0 spiro atoms. The number of aromatic nitrogens is 1. The van der Waals surface area contributed by atoms with Gasteiger partial charge in [-0.25, -0.2) is 4.98 Å². The molecule has 0 unspecified atom stereocenters. The van der Waals surface area contributed by atoms with Crippen molar-refractivity contribution in [3.63, 3.8) is 0 Å². The maximum atomic E-state index is 12.2.